The number of rotatable bonds is 9. The quantitative estimate of drug-likeness (QED) is 0.185. The number of hydrogen-bond donors (Lipinski definition) is 7. The molecule has 2 aromatic carbocycles. The van der Waals surface area contributed by atoms with Crippen molar-refractivity contribution in [1.29, 1.82) is 0 Å². The van der Waals surface area contributed by atoms with Crippen LogP contribution in [0.2, 0.25) is 5.02 Å². The van der Waals surface area contributed by atoms with E-state index >= 15 is 0 Å². The van der Waals surface area contributed by atoms with Crippen molar-refractivity contribution in [3.63, 3.8) is 0 Å². The van der Waals surface area contributed by atoms with E-state index in [-0.39, 0.29) is 31.5 Å². The molecule has 46 heavy (non-hydrogen) atoms. The third-order valence-corrected chi connectivity index (χ3v) is 9.16. The van der Waals surface area contributed by atoms with E-state index in [0.717, 1.165) is 12.8 Å². The van der Waals surface area contributed by atoms with E-state index in [1.807, 2.05) is 0 Å². The van der Waals surface area contributed by atoms with E-state index < -0.39 is 54.0 Å². The highest BCUT2D eigenvalue weighted by Gasteiger charge is 2.52. The first-order valence-corrected chi connectivity index (χ1v) is 15.4. The van der Waals surface area contributed by atoms with Gasteiger partial charge in [-0.1, -0.05) is 42.8 Å². The topological polar surface area (TPSA) is 200 Å². The number of halogens is 1. The van der Waals surface area contributed by atoms with Gasteiger partial charge in [-0.3, -0.25) is 14.4 Å². The highest BCUT2D eigenvalue weighted by atomic mass is 35.5. The van der Waals surface area contributed by atoms with Crippen LogP contribution in [0.15, 0.2) is 54.6 Å². The summed E-state index contributed by atoms with van der Waals surface area (Å²) < 4.78 is 4.96. The van der Waals surface area contributed by atoms with Crippen molar-refractivity contribution < 1.29 is 49.8 Å². The highest BCUT2D eigenvalue weighted by molar-refractivity contribution is 6.31. The number of aliphatic hydroxyl groups excluding tert-OH is 5. The molecule has 0 bridgehead atoms. The molecule has 0 spiro atoms. The number of aliphatic hydroxyl groups is 6. The van der Waals surface area contributed by atoms with E-state index in [2.05, 4.69) is 5.32 Å². The Labute approximate surface area is 270 Å². The normalized spacial score (nSPS) is 30.1. The Morgan fingerprint density at radius 3 is 2.52 bits per heavy atom. The average Bonchev–Trinajstić information content (AvgIpc) is 3.60. The fourth-order valence-corrected chi connectivity index (χ4v) is 6.40. The Bertz CT molecular complexity index is 1490. The van der Waals surface area contributed by atoms with Crippen LogP contribution in [0.4, 0.5) is 11.4 Å². The fraction of sp³-hybridized carbons (Fsp3) is 0.469. The number of carbonyl (C=O) groups excluding carboxylic acids is 3. The van der Waals surface area contributed by atoms with Crippen LogP contribution in [-0.2, 0) is 31.3 Å². The molecule has 0 unspecified atom stereocenters. The van der Waals surface area contributed by atoms with Gasteiger partial charge in [0.25, 0.3) is 11.8 Å². The van der Waals surface area contributed by atoms with Crippen molar-refractivity contribution in [2.24, 2.45) is 5.92 Å². The Hall–Kier alpha value is -3.40. The number of ether oxygens (including phenoxy) is 1. The Morgan fingerprint density at radius 1 is 1.11 bits per heavy atom. The lowest BCUT2D eigenvalue weighted by atomic mass is 9.83. The van der Waals surface area contributed by atoms with Crippen molar-refractivity contribution in [2.45, 2.75) is 75.1 Å². The minimum Gasteiger partial charge on any atom is -0.394 e. The number of amides is 3. The van der Waals surface area contributed by atoms with Gasteiger partial charge in [-0.2, -0.15) is 0 Å². The predicted octanol–water partition coefficient (Wildman–Crippen LogP) is 0.379. The minimum atomic E-state index is -1.96. The zero-order chi connectivity index (χ0) is 33.3. The largest absolute Gasteiger partial charge is 0.394 e. The lowest BCUT2D eigenvalue weighted by Crippen LogP contribution is -2.60. The maximum Gasteiger partial charge on any atom is 0.264 e. The van der Waals surface area contributed by atoms with Crippen LogP contribution in [0.5, 0.6) is 0 Å². The molecule has 3 heterocycles. The van der Waals surface area contributed by atoms with Gasteiger partial charge in [-0.15, -0.1) is 0 Å². The molecule has 2 saturated heterocycles. The summed E-state index contributed by atoms with van der Waals surface area (Å²) in [5.74, 6) is -2.29. The smallest absolute Gasteiger partial charge is 0.264 e. The molecule has 0 saturated carbocycles. The van der Waals surface area contributed by atoms with Crippen LogP contribution in [0.3, 0.4) is 0 Å². The third kappa shape index (κ3) is 6.42. The van der Waals surface area contributed by atoms with Gasteiger partial charge in [0.2, 0.25) is 5.91 Å². The number of nitrogens with zero attached hydrogens (tertiary/aromatic N) is 2. The SMILES string of the molecule is C[C@@H](/C=C/CC(=O)N1CCC[C@H]1CO)[C@]1(O)C(=O)N(Cc2ccc(NC(=O)[C@H]3O[C@@H](O)[C@H](O)[C@@H](O)[C@@H]3O)cc2)c2ccc(Cl)cc21. The van der Waals surface area contributed by atoms with E-state index in [1.165, 1.54) is 4.90 Å². The molecule has 2 aromatic rings. The first-order chi connectivity index (χ1) is 21.9. The number of benzene rings is 2. The van der Waals surface area contributed by atoms with Crippen LogP contribution in [0.25, 0.3) is 0 Å². The number of likely N-dealkylation sites (tertiary alicyclic amines) is 1. The molecule has 3 aliphatic heterocycles. The minimum absolute atomic E-state index is 0.0645. The van der Waals surface area contributed by atoms with Gasteiger partial charge in [-0.05, 0) is 48.7 Å². The fourth-order valence-electron chi connectivity index (χ4n) is 6.23. The number of anilines is 2. The molecular formula is C32H38ClN3O10. The van der Waals surface area contributed by atoms with Crippen LogP contribution < -0.4 is 10.2 Å². The molecule has 14 heteroatoms. The van der Waals surface area contributed by atoms with Crippen LogP contribution in [0.1, 0.15) is 37.3 Å². The second-order valence-corrected chi connectivity index (χ2v) is 12.3. The molecule has 248 valence electrons. The van der Waals surface area contributed by atoms with Crippen LogP contribution in [-0.4, -0.2) is 103 Å². The third-order valence-electron chi connectivity index (χ3n) is 8.92. The van der Waals surface area contributed by atoms with Gasteiger partial charge in [0.1, 0.15) is 18.3 Å². The molecule has 0 radical (unpaired) electrons. The highest BCUT2D eigenvalue weighted by Crippen LogP contribution is 2.46. The maximum absolute atomic E-state index is 13.9. The van der Waals surface area contributed by atoms with Crippen molar-refractivity contribution >= 4 is 40.7 Å². The first-order valence-electron chi connectivity index (χ1n) is 15.1. The van der Waals surface area contributed by atoms with Crippen molar-refractivity contribution in [3.05, 3.63) is 70.8 Å². The standard InChI is InChI=1S/C32H38ClN3O10/c1-17(4-2-6-24(38)35-13-3-5-21(35)16-37)32(45)22-14-19(33)9-12-23(22)36(31(32)44)15-18-7-10-20(11-8-18)34-29(42)28-26(40)25(39)27(41)30(43)46-28/h2,4,7-12,14,17,21,25-28,30,37,39-41,43,45H,3,5-6,13,15-16H2,1H3,(H,34,42)/b4-2+/t17-,21-,25-,26-,27+,28-,30+,32+/m0/s1. The summed E-state index contributed by atoms with van der Waals surface area (Å²) in [5.41, 5.74) is -0.215. The van der Waals surface area contributed by atoms with Crippen molar-refractivity contribution in [3.8, 4) is 0 Å². The lowest BCUT2D eigenvalue weighted by Gasteiger charge is -2.37. The Kier molecular flexibility index (Phi) is 10.2. The van der Waals surface area contributed by atoms with Gasteiger partial charge in [0, 0.05) is 35.2 Å². The molecule has 8 atom stereocenters. The number of carbonyl (C=O) groups is 3. The van der Waals surface area contributed by atoms with E-state index in [4.69, 9.17) is 16.3 Å². The molecule has 2 fully saturated rings. The molecular weight excluding hydrogens is 622 g/mol. The molecule has 13 nitrogen and oxygen atoms in total. The second kappa shape index (κ2) is 13.8. The van der Waals surface area contributed by atoms with Crippen molar-refractivity contribution in [1.82, 2.24) is 4.90 Å². The van der Waals surface area contributed by atoms with Gasteiger partial charge < -0.3 is 50.5 Å². The summed E-state index contributed by atoms with van der Waals surface area (Å²) >= 11 is 6.28. The Morgan fingerprint density at radius 2 is 1.83 bits per heavy atom. The van der Waals surface area contributed by atoms with Gasteiger partial charge in [0.05, 0.1) is 24.9 Å². The molecule has 7 N–H and O–H groups in total. The molecule has 0 aliphatic carbocycles. The molecule has 3 aliphatic rings. The zero-order valence-corrected chi connectivity index (χ0v) is 25.8. The van der Waals surface area contributed by atoms with Crippen LogP contribution in [0, 0.1) is 5.92 Å². The van der Waals surface area contributed by atoms with Gasteiger partial charge in [-0.25, -0.2) is 0 Å². The van der Waals surface area contributed by atoms with E-state index in [0.29, 0.717) is 34.1 Å². The summed E-state index contributed by atoms with van der Waals surface area (Å²) in [6.07, 6.45) is -3.91. The molecule has 5 rings (SSSR count). The average molecular weight is 660 g/mol. The Balaban J connectivity index is 1.27. The predicted molar refractivity (Wildman–Crippen MR) is 165 cm³/mol. The van der Waals surface area contributed by atoms with E-state index in [1.54, 1.807) is 66.4 Å². The first kappa shape index (κ1) is 33.9. The van der Waals surface area contributed by atoms with Gasteiger partial charge in [0.15, 0.2) is 18.0 Å². The molecule has 3 amide bonds. The van der Waals surface area contributed by atoms with Crippen LogP contribution >= 0.6 is 11.6 Å². The maximum atomic E-state index is 13.9. The summed E-state index contributed by atoms with van der Waals surface area (Å²) in [4.78, 5) is 42.3. The number of fused-ring (bicyclic) bond motifs is 1. The monoisotopic (exact) mass is 659 g/mol. The summed E-state index contributed by atoms with van der Waals surface area (Å²) in [6.45, 7) is 2.24. The zero-order valence-electron chi connectivity index (χ0n) is 25.1. The number of nitrogens with one attached hydrogen (secondary N) is 1. The summed E-state index contributed by atoms with van der Waals surface area (Å²) in [7, 11) is 0. The molecule has 0 aromatic heterocycles. The lowest BCUT2D eigenvalue weighted by molar-refractivity contribution is -0.274. The van der Waals surface area contributed by atoms with Crippen molar-refractivity contribution in [2.75, 3.05) is 23.4 Å². The van der Waals surface area contributed by atoms with E-state index in [9.17, 15) is 45.0 Å². The summed E-state index contributed by atoms with van der Waals surface area (Å²) in [5, 5.41) is 63.6. The number of hydrogen-bond acceptors (Lipinski definition) is 10. The second-order valence-electron chi connectivity index (χ2n) is 11.9. The van der Waals surface area contributed by atoms with Gasteiger partial charge >= 0.3 is 0 Å². The summed E-state index contributed by atoms with van der Waals surface area (Å²) in [6, 6.07) is 11.0.